The third-order valence-corrected chi connectivity index (χ3v) is 10.5. The van der Waals surface area contributed by atoms with Crippen LogP contribution in [0, 0.1) is 0 Å². The molecule has 1 heterocycles. The number of ether oxygens (including phenoxy) is 1. The van der Waals surface area contributed by atoms with E-state index in [1.165, 1.54) is 60.8 Å². The van der Waals surface area contributed by atoms with Gasteiger partial charge >= 0.3 is 0 Å². The maximum Gasteiger partial charge on any atom is 0.140 e. The van der Waals surface area contributed by atoms with E-state index in [0.29, 0.717) is 0 Å². The number of rotatable bonds is 2. The Bertz CT molecular complexity index is 2460. The summed E-state index contributed by atoms with van der Waals surface area (Å²) in [6.45, 7) is 0. The zero-order valence-electron chi connectivity index (χ0n) is 25.4. The molecule has 0 atom stereocenters. The molecule has 0 N–H and O–H groups in total. The number of hydrogen-bond acceptors (Lipinski definition) is 1. The van der Waals surface area contributed by atoms with Gasteiger partial charge in [0.15, 0.2) is 0 Å². The minimum Gasteiger partial charge on any atom is -0.455 e. The fourth-order valence-corrected chi connectivity index (χ4v) is 8.30. The Morgan fingerprint density at radius 1 is 0.383 bits per heavy atom. The third-order valence-electron chi connectivity index (χ3n) is 10.2. The smallest absolute Gasteiger partial charge is 0.140 e. The summed E-state index contributed by atoms with van der Waals surface area (Å²) in [7, 11) is 0. The van der Waals surface area contributed by atoms with Crippen LogP contribution < -0.4 is 4.74 Å². The van der Waals surface area contributed by atoms with E-state index in [0.717, 1.165) is 32.9 Å². The molecule has 0 saturated heterocycles. The lowest BCUT2D eigenvalue weighted by Gasteiger charge is -2.40. The first kappa shape index (κ1) is 26.6. The molecule has 0 amide bonds. The van der Waals surface area contributed by atoms with Crippen molar-refractivity contribution in [1.82, 2.24) is 0 Å². The highest BCUT2D eigenvalue weighted by atomic mass is 35.5. The molecular weight excluding hydrogens is 592 g/mol. The van der Waals surface area contributed by atoms with E-state index in [2.05, 4.69) is 152 Å². The molecule has 1 nitrogen and oxygen atoms in total. The summed E-state index contributed by atoms with van der Waals surface area (Å²) in [6, 6.07) is 59.0. The number of hydrogen-bond donors (Lipinski definition) is 0. The number of halogens is 1. The fourth-order valence-electron chi connectivity index (χ4n) is 8.18. The van der Waals surface area contributed by atoms with Crippen molar-refractivity contribution in [2.75, 3.05) is 0 Å². The number of fused-ring (bicyclic) bond motifs is 13. The van der Waals surface area contributed by atoms with Gasteiger partial charge in [-0.15, -0.1) is 0 Å². The Hall–Kier alpha value is -5.63. The molecule has 0 bridgehead atoms. The van der Waals surface area contributed by atoms with E-state index in [1.54, 1.807) is 0 Å². The highest BCUT2D eigenvalue weighted by molar-refractivity contribution is 6.30. The van der Waals surface area contributed by atoms with Gasteiger partial charge in [-0.2, -0.15) is 0 Å². The molecule has 0 saturated carbocycles. The first-order chi connectivity index (χ1) is 23.2. The van der Waals surface area contributed by atoms with Gasteiger partial charge in [0, 0.05) is 26.9 Å². The van der Waals surface area contributed by atoms with E-state index in [9.17, 15) is 0 Å². The Labute approximate surface area is 278 Å². The Kier molecular flexibility index (Phi) is 5.62. The van der Waals surface area contributed by atoms with E-state index in [4.69, 9.17) is 16.3 Å². The monoisotopic (exact) mass is 618 g/mol. The average molecular weight is 619 g/mol. The first-order valence-corrected chi connectivity index (χ1v) is 16.4. The molecule has 1 aliphatic carbocycles. The van der Waals surface area contributed by atoms with Crippen LogP contribution in [0.3, 0.4) is 0 Å². The SMILES string of the molecule is Clc1ccc(-c2ccc(-c3cccc4c3-c3ccccc3C43c4ccc5ccccc5c4Oc4c3ccc3ccccc43)cc2)cc1. The minimum absolute atomic E-state index is 0.553. The van der Waals surface area contributed by atoms with Gasteiger partial charge in [0.05, 0.1) is 5.41 Å². The summed E-state index contributed by atoms with van der Waals surface area (Å²) in [4.78, 5) is 0. The van der Waals surface area contributed by atoms with Gasteiger partial charge in [0.25, 0.3) is 0 Å². The molecule has 1 aliphatic heterocycles. The maximum absolute atomic E-state index is 7.09. The molecule has 47 heavy (non-hydrogen) atoms. The molecule has 0 unspecified atom stereocenters. The van der Waals surface area contributed by atoms with Gasteiger partial charge in [-0.25, -0.2) is 0 Å². The van der Waals surface area contributed by atoms with Gasteiger partial charge in [-0.05, 0) is 67.4 Å². The molecule has 8 aromatic rings. The first-order valence-electron chi connectivity index (χ1n) is 16.0. The fraction of sp³-hybridized carbons (Fsp3) is 0.0222. The van der Waals surface area contributed by atoms with Crippen LogP contribution in [0.2, 0.25) is 5.02 Å². The van der Waals surface area contributed by atoms with Gasteiger partial charge in [0.2, 0.25) is 0 Å². The lowest BCUT2D eigenvalue weighted by molar-refractivity contribution is 0.447. The zero-order chi connectivity index (χ0) is 31.1. The third kappa shape index (κ3) is 3.66. The van der Waals surface area contributed by atoms with Crippen LogP contribution in [0.1, 0.15) is 22.3 Å². The van der Waals surface area contributed by atoms with Crippen molar-refractivity contribution in [3.05, 3.63) is 191 Å². The second-order valence-electron chi connectivity index (χ2n) is 12.5. The van der Waals surface area contributed by atoms with E-state index in [-0.39, 0.29) is 0 Å². The molecule has 0 aromatic heterocycles. The highest BCUT2D eigenvalue weighted by Crippen LogP contribution is 2.64. The summed E-state index contributed by atoms with van der Waals surface area (Å²) in [5.74, 6) is 1.87. The molecule has 8 aromatic carbocycles. The quantitative estimate of drug-likeness (QED) is 0.187. The Morgan fingerprint density at radius 2 is 0.894 bits per heavy atom. The summed E-state index contributed by atoms with van der Waals surface area (Å²) in [5, 5.41) is 5.35. The molecule has 2 heteroatoms. The molecule has 220 valence electrons. The standard InChI is InChI=1S/C45H27ClO/c46-33-24-20-29(21-25-33)28-16-18-32(19-17-28)34-13-7-15-39-42(34)37-12-5-6-14-38(37)45(39)40-26-22-30-8-1-3-10-35(30)43(40)47-44-36-11-4-2-9-31(36)23-27-41(44)45/h1-27H. The highest BCUT2D eigenvalue weighted by Gasteiger charge is 2.52. The molecular formula is C45H27ClO. The molecule has 0 fully saturated rings. The summed E-state index contributed by atoms with van der Waals surface area (Å²) >= 11 is 6.17. The van der Waals surface area contributed by atoms with Crippen molar-refractivity contribution in [3.8, 4) is 44.9 Å². The van der Waals surface area contributed by atoms with Crippen LogP contribution in [0.5, 0.6) is 11.5 Å². The molecule has 0 radical (unpaired) electrons. The van der Waals surface area contributed by atoms with Crippen LogP contribution >= 0.6 is 11.6 Å². The Balaban J connectivity index is 1.29. The number of benzene rings is 8. The summed E-state index contributed by atoms with van der Waals surface area (Å²) in [6.07, 6.45) is 0. The van der Waals surface area contributed by atoms with Crippen LogP contribution in [-0.2, 0) is 5.41 Å². The summed E-state index contributed by atoms with van der Waals surface area (Å²) in [5.41, 5.74) is 11.7. The topological polar surface area (TPSA) is 9.23 Å². The zero-order valence-corrected chi connectivity index (χ0v) is 26.1. The van der Waals surface area contributed by atoms with Gasteiger partial charge in [0.1, 0.15) is 11.5 Å². The maximum atomic E-state index is 7.09. The van der Waals surface area contributed by atoms with Crippen LogP contribution in [0.25, 0.3) is 54.9 Å². The second-order valence-corrected chi connectivity index (χ2v) is 13.0. The predicted octanol–water partition coefficient (Wildman–Crippen LogP) is 12.4. The minimum atomic E-state index is -0.553. The van der Waals surface area contributed by atoms with Crippen molar-refractivity contribution >= 4 is 33.1 Å². The molecule has 1 spiro atoms. The lowest BCUT2D eigenvalue weighted by atomic mass is 9.65. The molecule has 10 rings (SSSR count). The van der Waals surface area contributed by atoms with Crippen molar-refractivity contribution < 1.29 is 4.74 Å². The Morgan fingerprint density at radius 3 is 1.55 bits per heavy atom. The summed E-state index contributed by atoms with van der Waals surface area (Å²) < 4.78 is 7.09. The normalized spacial score (nSPS) is 13.6. The largest absolute Gasteiger partial charge is 0.455 e. The average Bonchev–Trinajstić information content (AvgIpc) is 3.43. The van der Waals surface area contributed by atoms with Gasteiger partial charge in [-0.3, -0.25) is 0 Å². The van der Waals surface area contributed by atoms with E-state index < -0.39 is 5.41 Å². The van der Waals surface area contributed by atoms with Crippen molar-refractivity contribution in [2.24, 2.45) is 0 Å². The molecule has 2 aliphatic rings. The van der Waals surface area contributed by atoms with E-state index in [1.807, 2.05) is 12.1 Å². The van der Waals surface area contributed by atoms with Gasteiger partial charge < -0.3 is 4.74 Å². The van der Waals surface area contributed by atoms with Crippen LogP contribution in [0.15, 0.2) is 164 Å². The van der Waals surface area contributed by atoms with E-state index >= 15 is 0 Å². The van der Waals surface area contributed by atoms with Crippen molar-refractivity contribution in [1.29, 1.82) is 0 Å². The van der Waals surface area contributed by atoms with Crippen molar-refractivity contribution in [3.63, 3.8) is 0 Å². The second kappa shape index (κ2) is 9.93. The lowest BCUT2D eigenvalue weighted by Crippen LogP contribution is -2.32. The van der Waals surface area contributed by atoms with Crippen LogP contribution in [0.4, 0.5) is 0 Å². The van der Waals surface area contributed by atoms with Crippen LogP contribution in [-0.4, -0.2) is 0 Å². The predicted molar refractivity (Wildman–Crippen MR) is 195 cm³/mol. The van der Waals surface area contributed by atoms with Gasteiger partial charge in [-0.1, -0.05) is 163 Å². The van der Waals surface area contributed by atoms with Crippen molar-refractivity contribution in [2.45, 2.75) is 5.41 Å².